The van der Waals surface area contributed by atoms with Gasteiger partial charge in [-0.05, 0) is 62.7 Å². The van der Waals surface area contributed by atoms with Crippen LogP contribution in [-0.4, -0.2) is 33.7 Å². The van der Waals surface area contributed by atoms with Crippen LogP contribution in [0.2, 0.25) is 0 Å². The van der Waals surface area contributed by atoms with Gasteiger partial charge in [0.05, 0.1) is 13.2 Å². The Bertz CT molecular complexity index is 1400. The molecule has 0 bridgehead atoms. The van der Waals surface area contributed by atoms with Crippen LogP contribution in [-0.2, 0) is 13.1 Å². The summed E-state index contributed by atoms with van der Waals surface area (Å²) in [5.41, 5.74) is 3.36. The fourth-order valence-electron chi connectivity index (χ4n) is 3.83. The molecule has 0 spiro atoms. The van der Waals surface area contributed by atoms with Gasteiger partial charge in [0.2, 0.25) is 0 Å². The maximum absolute atomic E-state index is 13.0. The number of pyridine rings is 1. The molecule has 4 aromatic rings. The van der Waals surface area contributed by atoms with Crippen LogP contribution in [0.5, 0.6) is 11.5 Å². The second-order valence-electron chi connectivity index (χ2n) is 7.76. The molecule has 4 rings (SSSR count). The van der Waals surface area contributed by atoms with E-state index in [1.54, 1.807) is 41.1 Å². The van der Waals surface area contributed by atoms with Crippen LogP contribution in [0.3, 0.4) is 0 Å². The zero-order chi connectivity index (χ0) is 24.8. The van der Waals surface area contributed by atoms with Crippen molar-refractivity contribution in [3.63, 3.8) is 0 Å². The fourth-order valence-corrected chi connectivity index (χ4v) is 3.83. The molecule has 2 aromatic heterocycles. The van der Waals surface area contributed by atoms with Crippen LogP contribution in [0.25, 0.3) is 22.4 Å². The lowest BCUT2D eigenvalue weighted by Gasteiger charge is -2.13. The largest absolute Gasteiger partial charge is 0.490 e. The van der Waals surface area contributed by atoms with Crippen molar-refractivity contribution in [2.24, 2.45) is 0 Å². The number of hydrogen-bond acceptors (Lipinski definition) is 6. The van der Waals surface area contributed by atoms with Gasteiger partial charge in [-0.25, -0.2) is 9.97 Å². The summed E-state index contributed by atoms with van der Waals surface area (Å²) < 4.78 is 12.8. The third-order valence-corrected chi connectivity index (χ3v) is 5.50. The predicted octanol–water partition coefficient (Wildman–Crippen LogP) is 4.21. The SMILES string of the molecule is CCOc1ccc(CNC(=O)c2ccc(-c3nc4cccnc4n(CC)c3=O)cc2)cc1OCC. The third kappa shape index (κ3) is 5.16. The lowest BCUT2D eigenvalue weighted by molar-refractivity contribution is 0.0951. The smallest absolute Gasteiger partial charge is 0.278 e. The van der Waals surface area contributed by atoms with Gasteiger partial charge >= 0.3 is 0 Å². The Kier molecular flexibility index (Phi) is 7.40. The van der Waals surface area contributed by atoms with Gasteiger partial charge in [0.25, 0.3) is 11.5 Å². The summed E-state index contributed by atoms with van der Waals surface area (Å²) in [6, 6.07) is 16.1. The summed E-state index contributed by atoms with van der Waals surface area (Å²) in [7, 11) is 0. The normalized spacial score (nSPS) is 10.8. The Labute approximate surface area is 203 Å². The summed E-state index contributed by atoms with van der Waals surface area (Å²) in [5.74, 6) is 1.12. The van der Waals surface area contributed by atoms with Gasteiger partial charge in [0.15, 0.2) is 17.1 Å². The van der Waals surface area contributed by atoms with E-state index in [4.69, 9.17) is 9.47 Å². The average molecular weight is 473 g/mol. The van der Waals surface area contributed by atoms with Gasteiger partial charge in [0.1, 0.15) is 11.2 Å². The first kappa shape index (κ1) is 23.9. The van der Waals surface area contributed by atoms with Gasteiger partial charge in [-0.1, -0.05) is 18.2 Å². The molecule has 1 N–H and O–H groups in total. The molecule has 0 aliphatic carbocycles. The molecule has 0 aliphatic rings. The molecule has 1 amide bonds. The van der Waals surface area contributed by atoms with Crippen molar-refractivity contribution in [3.05, 3.63) is 82.3 Å². The number of carbonyl (C=O) groups excluding carboxylic acids is 1. The number of nitrogens with zero attached hydrogens (tertiary/aromatic N) is 3. The number of ether oxygens (including phenoxy) is 2. The van der Waals surface area contributed by atoms with Crippen molar-refractivity contribution in [3.8, 4) is 22.8 Å². The van der Waals surface area contributed by atoms with Crippen LogP contribution >= 0.6 is 0 Å². The van der Waals surface area contributed by atoms with E-state index in [2.05, 4.69) is 15.3 Å². The van der Waals surface area contributed by atoms with Crippen LogP contribution < -0.4 is 20.3 Å². The Balaban J connectivity index is 1.51. The zero-order valence-corrected chi connectivity index (χ0v) is 20.1. The van der Waals surface area contributed by atoms with E-state index in [1.165, 1.54) is 0 Å². The number of rotatable bonds is 9. The average Bonchev–Trinajstić information content (AvgIpc) is 2.88. The number of hydrogen-bond donors (Lipinski definition) is 1. The Hall–Kier alpha value is -4.20. The molecule has 2 aromatic carbocycles. The van der Waals surface area contributed by atoms with E-state index in [0.717, 1.165) is 5.56 Å². The summed E-state index contributed by atoms with van der Waals surface area (Å²) in [6.07, 6.45) is 1.65. The molecule has 0 unspecified atom stereocenters. The first-order chi connectivity index (χ1) is 17.0. The predicted molar refractivity (Wildman–Crippen MR) is 135 cm³/mol. The molecular formula is C27H28N4O4. The number of nitrogens with one attached hydrogen (secondary N) is 1. The Morgan fingerprint density at radius 1 is 0.971 bits per heavy atom. The molecule has 0 aliphatic heterocycles. The summed E-state index contributed by atoms with van der Waals surface area (Å²) in [5, 5.41) is 2.92. The summed E-state index contributed by atoms with van der Waals surface area (Å²) >= 11 is 0. The number of aryl methyl sites for hydroxylation is 1. The number of aromatic nitrogens is 3. The molecule has 2 heterocycles. The molecule has 0 radical (unpaired) electrons. The van der Waals surface area contributed by atoms with Gasteiger partial charge in [0, 0.05) is 30.4 Å². The van der Waals surface area contributed by atoms with E-state index in [9.17, 15) is 9.59 Å². The van der Waals surface area contributed by atoms with Gasteiger partial charge in [-0.3, -0.25) is 14.2 Å². The van der Waals surface area contributed by atoms with Crippen molar-refractivity contribution >= 4 is 17.1 Å². The van der Waals surface area contributed by atoms with E-state index in [-0.39, 0.29) is 11.5 Å². The number of benzene rings is 2. The Morgan fingerprint density at radius 3 is 2.43 bits per heavy atom. The standard InChI is InChI=1S/C27H28N4O4/c1-4-31-25-21(8-7-15-28-25)30-24(27(31)33)19-10-12-20(13-11-19)26(32)29-17-18-9-14-22(34-5-2)23(16-18)35-6-3/h7-16H,4-6,17H2,1-3H3,(H,29,32). The number of fused-ring (bicyclic) bond motifs is 1. The van der Waals surface area contributed by atoms with Crippen LogP contribution in [0, 0.1) is 0 Å². The van der Waals surface area contributed by atoms with E-state index < -0.39 is 0 Å². The number of amides is 1. The summed E-state index contributed by atoms with van der Waals surface area (Å²) in [6.45, 7) is 7.62. The lowest BCUT2D eigenvalue weighted by atomic mass is 10.1. The zero-order valence-electron chi connectivity index (χ0n) is 20.1. The second-order valence-corrected chi connectivity index (χ2v) is 7.76. The van der Waals surface area contributed by atoms with E-state index in [1.807, 2.05) is 45.0 Å². The highest BCUT2D eigenvalue weighted by Crippen LogP contribution is 2.28. The number of carbonyl (C=O) groups is 1. The van der Waals surface area contributed by atoms with Crippen molar-refractivity contribution < 1.29 is 14.3 Å². The van der Waals surface area contributed by atoms with Crippen LogP contribution in [0.1, 0.15) is 36.7 Å². The van der Waals surface area contributed by atoms with Gasteiger partial charge < -0.3 is 14.8 Å². The summed E-state index contributed by atoms with van der Waals surface area (Å²) in [4.78, 5) is 34.5. The molecular weight excluding hydrogens is 444 g/mol. The molecule has 0 atom stereocenters. The Morgan fingerprint density at radius 2 is 1.71 bits per heavy atom. The minimum atomic E-state index is -0.218. The minimum absolute atomic E-state index is 0.212. The van der Waals surface area contributed by atoms with Crippen molar-refractivity contribution in [2.75, 3.05) is 13.2 Å². The van der Waals surface area contributed by atoms with Crippen LogP contribution in [0.4, 0.5) is 0 Å². The second kappa shape index (κ2) is 10.8. The quantitative estimate of drug-likeness (QED) is 0.392. The highest BCUT2D eigenvalue weighted by atomic mass is 16.5. The first-order valence-corrected chi connectivity index (χ1v) is 11.7. The van der Waals surface area contributed by atoms with Crippen molar-refractivity contribution in [2.45, 2.75) is 33.9 Å². The molecule has 8 heteroatoms. The van der Waals surface area contributed by atoms with E-state index >= 15 is 0 Å². The molecule has 180 valence electrons. The molecule has 0 saturated carbocycles. The van der Waals surface area contributed by atoms with Crippen molar-refractivity contribution in [1.82, 2.24) is 19.9 Å². The highest BCUT2D eigenvalue weighted by molar-refractivity contribution is 5.94. The third-order valence-electron chi connectivity index (χ3n) is 5.50. The maximum atomic E-state index is 13.0. The molecule has 35 heavy (non-hydrogen) atoms. The van der Waals surface area contributed by atoms with Gasteiger partial charge in [-0.2, -0.15) is 0 Å². The van der Waals surface area contributed by atoms with Gasteiger partial charge in [-0.15, -0.1) is 0 Å². The minimum Gasteiger partial charge on any atom is -0.490 e. The van der Waals surface area contributed by atoms with E-state index in [0.29, 0.717) is 65.8 Å². The maximum Gasteiger partial charge on any atom is 0.278 e. The fraction of sp³-hybridized carbons (Fsp3) is 0.259. The monoisotopic (exact) mass is 472 g/mol. The first-order valence-electron chi connectivity index (χ1n) is 11.7. The van der Waals surface area contributed by atoms with Crippen molar-refractivity contribution in [1.29, 1.82) is 0 Å². The highest BCUT2D eigenvalue weighted by Gasteiger charge is 2.14. The molecule has 0 saturated heterocycles. The lowest BCUT2D eigenvalue weighted by Crippen LogP contribution is -2.24. The topological polar surface area (TPSA) is 95.3 Å². The molecule has 0 fully saturated rings. The molecule has 8 nitrogen and oxygen atoms in total. The van der Waals surface area contributed by atoms with Crippen LogP contribution in [0.15, 0.2) is 65.6 Å².